The summed E-state index contributed by atoms with van der Waals surface area (Å²) in [6.07, 6.45) is 3.54. The minimum absolute atomic E-state index is 0.146. The molecule has 0 spiro atoms. The van der Waals surface area contributed by atoms with Gasteiger partial charge >= 0.3 is 0 Å². The minimum atomic E-state index is -1.41. The number of halogens is 4. The molecule has 15 rings (SSSR count). The predicted molar refractivity (Wildman–Crippen MR) is 346 cm³/mol. The molecule has 2 atom stereocenters. The van der Waals surface area contributed by atoms with Gasteiger partial charge in [-0.15, -0.1) is 0 Å². The van der Waals surface area contributed by atoms with Crippen LogP contribution in [0.25, 0.3) is 45.5 Å². The van der Waals surface area contributed by atoms with Gasteiger partial charge in [0.25, 0.3) is 0 Å². The van der Waals surface area contributed by atoms with E-state index in [1.807, 2.05) is 146 Å². The van der Waals surface area contributed by atoms with Crippen molar-refractivity contribution >= 4 is 29.2 Å². The Morgan fingerprint density at radius 2 is 0.716 bits per heavy atom. The maximum absolute atomic E-state index is 17.4. The van der Waals surface area contributed by atoms with E-state index in [1.165, 1.54) is 29.8 Å². The van der Waals surface area contributed by atoms with Crippen LogP contribution in [0, 0.1) is 23.3 Å². The van der Waals surface area contributed by atoms with E-state index in [2.05, 4.69) is 111 Å². The second kappa shape index (κ2) is 20.7. The van der Waals surface area contributed by atoms with Gasteiger partial charge in [0.05, 0.1) is 16.5 Å². The second-order valence-corrected chi connectivity index (χ2v) is 23.3. The molecule has 0 aliphatic heterocycles. The van der Waals surface area contributed by atoms with Gasteiger partial charge in [-0.25, -0.2) is 17.6 Å². The zero-order valence-corrected chi connectivity index (χ0v) is 48.2. The molecule has 3 aliphatic carbocycles. The lowest BCUT2D eigenvalue weighted by Crippen LogP contribution is -2.31. The highest BCUT2D eigenvalue weighted by Gasteiger charge is 2.51. The number of hydrogen-bond acceptors (Lipinski definition) is 3. The molecule has 3 nitrogen and oxygen atoms in total. The van der Waals surface area contributed by atoms with Crippen LogP contribution in [-0.2, 0) is 16.2 Å². The summed E-state index contributed by atoms with van der Waals surface area (Å²) in [5, 5.41) is 0. The Bertz CT molecular complexity index is 4550. The molecular formula is C81H55F4NO2. The quantitative estimate of drug-likeness (QED) is 0.107. The third-order valence-electron chi connectivity index (χ3n) is 18.3. The Balaban J connectivity index is 0.982. The lowest BCUT2D eigenvalue weighted by atomic mass is 9.67. The van der Waals surface area contributed by atoms with E-state index in [1.54, 1.807) is 12.2 Å². The molecule has 3 aliphatic rings. The van der Waals surface area contributed by atoms with Gasteiger partial charge in [-0.05, 0) is 204 Å². The maximum atomic E-state index is 17.4. The molecule has 0 aromatic heterocycles. The molecule has 0 amide bonds. The topological polar surface area (TPSA) is 21.7 Å². The summed E-state index contributed by atoms with van der Waals surface area (Å²) in [7, 11) is 0. The molecule has 424 valence electrons. The average molecular weight is 1150 g/mol. The van der Waals surface area contributed by atoms with Crippen molar-refractivity contribution in [1.29, 1.82) is 0 Å². The van der Waals surface area contributed by atoms with Crippen LogP contribution in [0.3, 0.4) is 0 Å². The van der Waals surface area contributed by atoms with E-state index in [0.29, 0.717) is 34.1 Å². The van der Waals surface area contributed by atoms with Crippen LogP contribution in [-0.4, -0.2) is 0 Å². The molecule has 12 aromatic carbocycles. The molecule has 7 heteroatoms. The molecule has 0 N–H and O–H groups in total. The van der Waals surface area contributed by atoms with Gasteiger partial charge < -0.3 is 14.4 Å². The minimum Gasteiger partial charge on any atom is -0.457 e. The van der Waals surface area contributed by atoms with Gasteiger partial charge in [0, 0.05) is 27.9 Å². The fourth-order valence-corrected chi connectivity index (χ4v) is 14.5. The van der Waals surface area contributed by atoms with Crippen molar-refractivity contribution in [2.24, 2.45) is 0 Å². The first kappa shape index (κ1) is 53.9. The summed E-state index contributed by atoms with van der Waals surface area (Å²) < 4.78 is 80.1. The van der Waals surface area contributed by atoms with Crippen molar-refractivity contribution in [3.63, 3.8) is 0 Å². The first-order chi connectivity index (χ1) is 42.9. The molecular weight excluding hydrogens is 1090 g/mol. The largest absolute Gasteiger partial charge is 0.457 e. The van der Waals surface area contributed by atoms with Crippen molar-refractivity contribution < 1.29 is 27.0 Å². The van der Waals surface area contributed by atoms with Crippen molar-refractivity contribution in [2.75, 3.05) is 4.90 Å². The van der Waals surface area contributed by atoms with Gasteiger partial charge in [-0.3, -0.25) is 0 Å². The highest BCUT2D eigenvalue weighted by molar-refractivity contribution is 5.95. The van der Waals surface area contributed by atoms with Crippen LogP contribution in [0.5, 0.6) is 23.0 Å². The summed E-state index contributed by atoms with van der Waals surface area (Å²) in [5.74, 6) is 0.0731. The number of nitrogens with zero attached hydrogens (tertiary/aromatic N) is 1. The van der Waals surface area contributed by atoms with Crippen molar-refractivity contribution in [2.45, 2.75) is 30.1 Å². The Hall–Kier alpha value is -10.8. The number of benzene rings is 12. The van der Waals surface area contributed by atoms with Crippen molar-refractivity contribution in [3.8, 4) is 56.4 Å². The second-order valence-electron chi connectivity index (χ2n) is 23.3. The zero-order chi connectivity index (χ0) is 60.1. The van der Waals surface area contributed by atoms with E-state index in [9.17, 15) is 0 Å². The SMILES string of the molecule is C=Cc1ccc(Oc2ccc(C3(c4cc(F)ccc4F)c4ccccc4-c4ccc(N(c5ccc6c(c5)C(c5ccc(Oc7ccc(C=C)cc7)cc5)(c5cc(F)ccc5F)c5ccccc5-6)c5cccc6c5C(C)(C)c5ccccc5-6)cc43)cc2)cc1. The predicted octanol–water partition coefficient (Wildman–Crippen LogP) is 21.6. The monoisotopic (exact) mass is 1150 g/mol. The molecule has 0 radical (unpaired) electrons. The maximum Gasteiger partial charge on any atom is 0.128 e. The Labute approximate surface area is 509 Å². The zero-order valence-electron chi connectivity index (χ0n) is 48.2. The molecule has 0 fully saturated rings. The molecule has 12 aromatic rings. The highest BCUT2D eigenvalue weighted by Crippen LogP contribution is 2.62. The highest BCUT2D eigenvalue weighted by atomic mass is 19.1. The van der Waals surface area contributed by atoms with E-state index < -0.39 is 39.5 Å². The molecule has 0 heterocycles. The van der Waals surface area contributed by atoms with E-state index in [4.69, 9.17) is 9.47 Å². The number of rotatable bonds is 13. The van der Waals surface area contributed by atoms with E-state index >= 15 is 17.6 Å². The van der Waals surface area contributed by atoms with Crippen LogP contribution >= 0.6 is 0 Å². The summed E-state index contributed by atoms with van der Waals surface area (Å²) in [5.41, 5.74) is 13.5. The van der Waals surface area contributed by atoms with Crippen LogP contribution in [0.1, 0.15) is 80.6 Å². The number of fused-ring (bicyclic) bond motifs is 9. The molecule has 2 unspecified atom stereocenters. The lowest BCUT2D eigenvalue weighted by molar-refractivity contribution is 0.481. The number of ether oxygens (including phenoxy) is 2. The molecule has 88 heavy (non-hydrogen) atoms. The summed E-state index contributed by atoms with van der Waals surface area (Å²) in [6, 6.07) is 81.4. The van der Waals surface area contributed by atoms with Gasteiger partial charge in [0.1, 0.15) is 46.3 Å². The van der Waals surface area contributed by atoms with Crippen molar-refractivity contribution in [1.82, 2.24) is 0 Å². The van der Waals surface area contributed by atoms with Gasteiger partial charge in [-0.1, -0.05) is 185 Å². The first-order valence-electron chi connectivity index (χ1n) is 29.4. The van der Waals surface area contributed by atoms with Crippen molar-refractivity contribution in [3.05, 3.63) is 364 Å². The molecule has 0 bridgehead atoms. The smallest absolute Gasteiger partial charge is 0.128 e. The third kappa shape index (κ3) is 8.25. The fourth-order valence-electron chi connectivity index (χ4n) is 14.5. The number of anilines is 3. The van der Waals surface area contributed by atoms with Crippen LogP contribution in [0.4, 0.5) is 34.6 Å². The van der Waals surface area contributed by atoms with E-state index in [-0.39, 0.29) is 11.1 Å². The Morgan fingerprint density at radius 1 is 0.341 bits per heavy atom. The van der Waals surface area contributed by atoms with E-state index in [0.717, 1.165) is 102 Å². The number of hydrogen-bond donors (Lipinski definition) is 0. The Morgan fingerprint density at radius 3 is 1.15 bits per heavy atom. The van der Waals surface area contributed by atoms with Gasteiger partial charge in [-0.2, -0.15) is 0 Å². The van der Waals surface area contributed by atoms with Gasteiger partial charge in [0.2, 0.25) is 0 Å². The Kier molecular flexibility index (Phi) is 12.7. The summed E-state index contributed by atoms with van der Waals surface area (Å²) in [6.45, 7) is 12.3. The average Bonchev–Trinajstić information content (AvgIpc) is 1.53. The lowest BCUT2D eigenvalue weighted by Gasteiger charge is -2.37. The van der Waals surface area contributed by atoms with Crippen LogP contribution < -0.4 is 14.4 Å². The first-order valence-corrected chi connectivity index (χ1v) is 29.4. The fraction of sp³-hybridized carbons (Fsp3) is 0.0617. The van der Waals surface area contributed by atoms with Crippen LogP contribution in [0.15, 0.2) is 274 Å². The van der Waals surface area contributed by atoms with Gasteiger partial charge in [0.15, 0.2) is 0 Å². The van der Waals surface area contributed by atoms with Crippen LogP contribution in [0.2, 0.25) is 0 Å². The third-order valence-corrected chi connectivity index (χ3v) is 18.3. The standard InChI is InChI=1S/C81H55F4NO2/c1-5-50-22-34-58(35-23-50)87-60-38-26-52(27-39-60)80(73-46-54(82)30-44-75(73)84)69-19-11-8-14-62(69)65-42-32-56(48-71(65)80)86(77-21-13-17-67-64-16-7-10-18-68(64)79(3,4)78(67)77)57-33-43-66-63-15-9-12-20-70(63)81(72(66)49-57,74-47-55(83)31-45-76(74)85)53-28-40-61(41-29-53)88-59-36-24-51(6-2)25-37-59/h5-49H,1-2H2,3-4H3. The summed E-state index contributed by atoms with van der Waals surface area (Å²) >= 11 is 0. The summed E-state index contributed by atoms with van der Waals surface area (Å²) in [4.78, 5) is 2.25. The molecule has 0 saturated carbocycles. The molecule has 0 saturated heterocycles. The normalized spacial score (nSPS) is 16.1.